The number of hydrogen-bond acceptors (Lipinski definition) is 4. The molecule has 1 aliphatic carbocycles. The Bertz CT molecular complexity index is 453. The van der Waals surface area contributed by atoms with Crippen molar-refractivity contribution in [2.24, 2.45) is 5.73 Å². The average Bonchev–Trinajstić information content (AvgIpc) is 2.89. The zero-order valence-electron chi connectivity index (χ0n) is 11.4. The van der Waals surface area contributed by atoms with Crippen LogP contribution in [0.3, 0.4) is 0 Å². The number of thioether (sulfide) groups is 1. The summed E-state index contributed by atoms with van der Waals surface area (Å²) < 4.78 is 11.5. The lowest BCUT2D eigenvalue weighted by atomic mass is 9.73. The van der Waals surface area contributed by atoms with Gasteiger partial charge in [-0.1, -0.05) is 6.07 Å². The minimum atomic E-state index is -0.144. The Balaban J connectivity index is 1.84. The molecular weight excluding hydrogens is 258 g/mol. The van der Waals surface area contributed by atoms with Gasteiger partial charge in [-0.2, -0.15) is 11.8 Å². The topological polar surface area (TPSA) is 44.5 Å². The molecule has 1 unspecified atom stereocenters. The molecule has 1 saturated heterocycles. The normalized spacial score (nSPS) is 24.8. The molecule has 1 atom stereocenters. The Labute approximate surface area is 118 Å². The predicted octanol–water partition coefficient (Wildman–Crippen LogP) is 2.92. The van der Waals surface area contributed by atoms with E-state index >= 15 is 0 Å². The van der Waals surface area contributed by atoms with E-state index in [2.05, 4.69) is 12.1 Å². The fourth-order valence-corrected chi connectivity index (χ4v) is 3.80. The van der Waals surface area contributed by atoms with Crippen LogP contribution in [-0.4, -0.2) is 24.7 Å². The third kappa shape index (κ3) is 2.56. The zero-order valence-corrected chi connectivity index (χ0v) is 12.2. The van der Waals surface area contributed by atoms with Gasteiger partial charge < -0.3 is 15.2 Å². The van der Waals surface area contributed by atoms with Crippen LogP contribution in [0.15, 0.2) is 18.2 Å². The fraction of sp³-hybridized carbons (Fsp3) is 0.600. The van der Waals surface area contributed by atoms with E-state index in [-0.39, 0.29) is 5.54 Å². The Morgan fingerprint density at radius 1 is 1.32 bits per heavy atom. The molecular formula is C15H21NO2S. The minimum Gasteiger partial charge on any atom is -0.493 e. The van der Waals surface area contributed by atoms with E-state index in [1.807, 2.05) is 17.8 Å². The molecule has 1 aromatic rings. The predicted molar refractivity (Wildman–Crippen MR) is 79.1 cm³/mol. The van der Waals surface area contributed by atoms with Crippen LogP contribution < -0.4 is 15.2 Å². The summed E-state index contributed by atoms with van der Waals surface area (Å²) in [6, 6.07) is 6.15. The summed E-state index contributed by atoms with van der Waals surface area (Å²) in [6.07, 6.45) is 4.78. The molecule has 0 radical (unpaired) electrons. The number of nitrogens with two attached hydrogens (primary N) is 1. The van der Waals surface area contributed by atoms with E-state index in [4.69, 9.17) is 15.2 Å². The number of hydrogen-bond donors (Lipinski definition) is 1. The van der Waals surface area contributed by atoms with Gasteiger partial charge in [0.05, 0.1) is 7.11 Å². The molecule has 3 rings (SSSR count). The van der Waals surface area contributed by atoms with Crippen molar-refractivity contribution in [3.8, 4) is 11.5 Å². The number of methoxy groups -OCH3 is 1. The highest BCUT2D eigenvalue weighted by molar-refractivity contribution is 7.99. The Morgan fingerprint density at radius 3 is 2.74 bits per heavy atom. The van der Waals surface area contributed by atoms with Crippen molar-refractivity contribution in [3.05, 3.63) is 23.8 Å². The monoisotopic (exact) mass is 279 g/mol. The van der Waals surface area contributed by atoms with Crippen LogP contribution in [0.4, 0.5) is 0 Å². The molecule has 19 heavy (non-hydrogen) atoms. The standard InChI is InChI=1S/C15H21NO2S/c1-17-13-4-3-11(15(16)6-2-7-15)9-14(13)18-12-5-8-19-10-12/h3-4,9,12H,2,5-8,10,16H2,1H3. The smallest absolute Gasteiger partial charge is 0.161 e. The number of rotatable bonds is 4. The maximum atomic E-state index is 6.39. The molecule has 0 amide bonds. The quantitative estimate of drug-likeness (QED) is 0.920. The highest BCUT2D eigenvalue weighted by Crippen LogP contribution is 2.42. The van der Waals surface area contributed by atoms with Crippen LogP contribution in [0.1, 0.15) is 31.2 Å². The van der Waals surface area contributed by atoms with E-state index in [9.17, 15) is 0 Å². The second-order valence-electron chi connectivity index (χ2n) is 5.48. The van der Waals surface area contributed by atoms with Crippen LogP contribution in [0, 0.1) is 0 Å². The SMILES string of the molecule is COc1ccc(C2(N)CCC2)cc1OC1CCSC1. The number of ether oxygens (including phenoxy) is 2. The van der Waals surface area contributed by atoms with Gasteiger partial charge in [-0.15, -0.1) is 0 Å². The lowest BCUT2D eigenvalue weighted by molar-refractivity contribution is 0.214. The van der Waals surface area contributed by atoms with Crippen molar-refractivity contribution in [1.29, 1.82) is 0 Å². The van der Waals surface area contributed by atoms with Crippen LogP contribution in [-0.2, 0) is 5.54 Å². The van der Waals surface area contributed by atoms with Crippen LogP contribution in [0.5, 0.6) is 11.5 Å². The summed E-state index contributed by atoms with van der Waals surface area (Å²) in [5, 5.41) is 0. The molecule has 1 aromatic carbocycles. The average molecular weight is 279 g/mol. The first-order valence-corrected chi connectivity index (χ1v) is 8.08. The van der Waals surface area contributed by atoms with Gasteiger partial charge in [-0.05, 0) is 49.1 Å². The molecule has 1 aliphatic heterocycles. The molecule has 0 bridgehead atoms. The maximum Gasteiger partial charge on any atom is 0.161 e. The summed E-state index contributed by atoms with van der Waals surface area (Å²) in [4.78, 5) is 0. The highest BCUT2D eigenvalue weighted by Gasteiger charge is 2.35. The molecule has 3 nitrogen and oxygen atoms in total. The minimum absolute atomic E-state index is 0.144. The largest absolute Gasteiger partial charge is 0.493 e. The van der Waals surface area contributed by atoms with Crippen LogP contribution in [0.2, 0.25) is 0 Å². The molecule has 1 heterocycles. The van der Waals surface area contributed by atoms with Gasteiger partial charge in [0.15, 0.2) is 11.5 Å². The van der Waals surface area contributed by atoms with Gasteiger partial charge in [0.1, 0.15) is 6.10 Å². The van der Waals surface area contributed by atoms with Crippen LogP contribution in [0.25, 0.3) is 0 Å². The van der Waals surface area contributed by atoms with Gasteiger partial charge in [0.25, 0.3) is 0 Å². The van der Waals surface area contributed by atoms with E-state index in [1.54, 1.807) is 7.11 Å². The summed E-state index contributed by atoms with van der Waals surface area (Å²) in [7, 11) is 1.69. The Kier molecular flexibility index (Phi) is 3.63. The molecule has 0 spiro atoms. The summed E-state index contributed by atoms with van der Waals surface area (Å²) in [6.45, 7) is 0. The van der Waals surface area contributed by atoms with E-state index < -0.39 is 0 Å². The van der Waals surface area contributed by atoms with Crippen molar-refractivity contribution >= 4 is 11.8 Å². The van der Waals surface area contributed by atoms with Crippen molar-refractivity contribution < 1.29 is 9.47 Å². The first kappa shape index (κ1) is 13.1. The highest BCUT2D eigenvalue weighted by atomic mass is 32.2. The van der Waals surface area contributed by atoms with Crippen molar-refractivity contribution in [3.63, 3.8) is 0 Å². The lowest BCUT2D eigenvalue weighted by Gasteiger charge is -2.39. The second-order valence-corrected chi connectivity index (χ2v) is 6.63. The summed E-state index contributed by atoms with van der Waals surface area (Å²) >= 11 is 1.95. The van der Waals surface area contributed by atoms with Crippen molar-refractivity contribution in [2.45, 2.75) is 37.3 Å². The van der Waals surface area contributed by atoms with E-state index in [0.717, 1.165) is 36.5 Å². The molecule has 2 N–H and O–H groups in total. The molecule has 2 fully saturated rings. The number of benzene rings is 1. The fourth-order valence-electron chi connectivity index (χ4n) is 2.71. The van der Waals surface area contributed by atoms with Gasteiger partial charge in [0.2, 0.25) is 0 Å². The Morgan fingerprint density at radius 2 is 2.16 bits per heavy atom. The zero-order chi connectivity index (χ0) is 13.3. The van der Waals surface area contributed by atoms with Gasteiger partial charge >= 0.3 is 0 Å². The van der Waals surface area contributed by atoms with Gasteiger partial charge in [-0.25, -0.2) is 0 Å². The van der Waals surface area contributed by atoms with E-state index in [1.165, 1.54) is 17.7 Å². The van der Waals surface area contributed by atoms with Crippen LogP contribution >= 0.6 is 11.8 Å². The van der Waals surface area contributed by atoms with Gasteiger partial charge in [-0.3, -0.25) is 0 Å². The third-order valence-corrected chi connectivity index (χ3v) is 5.30. The molecule has 4 heteroatoms. The van der Waals surface area contributed by atoms with Gasteiger partial charge in [0, 0.05) is 11.3 Å². The molecule has 1 saturated carbocycles. The summed E-state index contributed by atoms with van der Waals surface area (Å²) in [5.74, 6) is 3.92. The lowest BCUT2D eigenvalue weighted by Crippen LogP contribution is -2.43. The second kappa shape index (κ2) is 5.25. The third-order valence-electron chi connectivity index (χ3n) is 4.17. The van der Waals surface area contributed by atoms with Crippen molar-refractivity contribution in [2.75, 3.05) is 18.6 Å². The van der Waals surface area contributed by atoms with E-state index in [0.29, 0.717) is 6.10 Å². The first-order valence-electron chi connectivity index (χ1n) is 6.93. The molecule has 2 aliphatic rings. The van der Waals surface area contributed by atoms with Crippen molar-refractivity contribution in [1.82, 2.24) is 0 Å². The first-order chi connectivity index (χ1) is 9.21. The molecule has 104 valence electrons. The maximum absolute atomic E-state index is 6.39. The molecule has 0 aromatic heterocycles. The Hall–Kier alpha value is -0.870. The summed E-state index contributed by atoms with van der Waals surface area (Å²) in [5.41, 5.74) is 7.43.